The van der Waals surface area contributed by atoms with Crippen LogP contribution < -0.4 is 0 Å². The topological polar surface area (TPSA) is 0 Å². The summed E-state index contributed by atoms with van der Waals surface area (Å²) in [6.07, 6.45) is 25.3. The Hall–Kier alpha value is 0.702. The van der Waals surface area contributed by atoms with E-state index in [-0.39, 0.29) is 28.3 Å². The average Bonchev–Trinajstić information content (AvgIpc) is 2.59. The molecule has 2 heteroatoms. The molecule has 3 saturated carbocycles. The first-order valence-electron chi connectivity index (χ1n) is 10.1. The van der Waals surface area contributed by atoms with Crippen LogP contribution >= 0.6 is 7.92 Å². The molecule has 3 aliphatic carbocycles. The van der Waals surface area contributed by atoms with Crippen molar-refractivity contribution in [3.8, 4) is 0 Å². The quantitative estimate of drug-likeness (QED) is 0.253. The van der Waals surface area contributed by atoms with Crippen molar-refractivity contribution in [2.24, 2.45) is 0 Å². The van der Waals surface area contributed by atoms with Crippen LogP contribution in [0.4, 0.5) is 0 Å². The van der Waals surface area contributed by atoms with Gasteiger partial charge in [-0.1, -0.05) is 19.3 Å². The molecule has 0 amide bonds. The molecule has 0 N–H and O–H groups in total. The summed E-state index contributed by atoms with van der Waals surface area (Å²) in [7, 11) is -0.0465. The van der Waals surface area contributed by atoms with E-state index in [0.717, 1.165) is 0 Å². The molecule has 0 radical (unpaired) electrons. The SMILES string of the molecule is C1CCC([PH+](C2CCCCC2)C2CCCCC2)CC1.C=C[CH2-].[Pd]. The molecule has 3 rings (SSSR count). The maximum Gasteiger partial charge on any atom is 0.0680 e. The molecule has 0 aliphatic heterocycles. The summed E-state index contributed by atoms with van der Waals surface area (Å²) in [5, 5.41) is 0. The fourth-order valence-electron chi connectivity index (χ4n) is 5.31. The van der Waals surface area contributed by atoms with Gasteiger partial charge in [-0.2, -0.15) is 0 Å². The van der Waals surface area contributed by atoms with Crippen LogP contribution in [0.1, 0.15) is 96.3 Å². The Morgan fingerprint density at radius 2 is 0.826 bits per heavy atom. The zero-order chi connectivity index (χ0) is 15.6. The van der Waals surface area contributed by atoms with Crippen LogP contribution in [0.15, 0.2) is 12.7 Å². The van der Waals surface area contributed by atoms with Crippen LogP contribution in [0.3, 0.4) is 0 Å². The van der Waals surface area contributed by atoms with Crippen LogP contribution in [-0.4, -0.2) is 17.0 Å². The van der Waals surface area contributed by atoms with Gasteiger partial charge in [-0.05, 0) is 77.0 Å². The Bertz CT molecular complexity index is 243. The molecule has 0 bridgehead atoms. The summed E-state index contributed by atoms with van der Waals surface area (Å²) in [5.74, 6) is 0. The summed E-state index contributed by atoms with van der Waals surface area (Å²) in [6, 6.07) is 0. The van der Waals surface area contributed by atoms with Crippen LogP contribution in [0.25, 0.3) is 0 Å². The first-order valence-corrected chi connectivity index (χ1v) is 11.9. The molecule has 0 aromatic rings. The van der Waals surface area contributed by atoms with Gasteiger partial charge in [-0.15, -0.1) is 0 Å². The summed E-state index contributed by atoms with van der Waals surface area (Å²) < 4.78 is 0. The summed E-state index contributed by atoms with van der Waals surface area (Å²) in [5.41, 5.74) is 3.68. The average molecular weight is 429 g/mol. The maximum absolute atomic E-state index is 3.25. The monoisotopic (exact) mass is 428 g/mol. The van der Waals surface area contributed by atoms with Gasteiger partial charge in [0.2, 0.25) is 0 Å². The van der Waals surface area contributed by atoms with Gasteiger partial charge in [0, 0.05) is 28.3 Å². The minimum Gasteiger partial charge on any atom is -0.245 e. The molecular weight excluding hydrogens is 390 g/mol. The third-order valence-corrected chi connectivity index (χ3v) is 10.8. The second-order valence-corrected chi connectivity index (χ2v) is 11.2. The molecule has 0 unspecified atom stereocenters. The minimum absolute atomic E-state index is 0. The molecule has 138 valence electrons. The first kappa shape index (κ1) is 21.7. The van der Waals surface area contributed by atoms with E-state index in [9.17, 15) is 0 Å². The van der Waals surface area contributed by atoms with E-state index in [1.807, 2.05) is 0 Å². The van der Waals surface area contributed by atoms with Gasteiger partial charge in [0.1, 0.15) is 0 Å². The van der Waals surface area contributed by atoms with E-state index in [4.69, 9.17) is 0 Å². The van der Waals surface area contributed by atoms with E-state index in [0.29, 0.717) is 0 Å². The van der Waals surface area contributed by atoms with Crippen LogP contribution in [0, 0.1) is 6.92 Å². The number of hydrogen-bond acceptors (Lipinski definition) is 0. The Morgan fingerprint density at radius 3 is 1.04 bits per heavy atom. The Balaban J connectivity index is 0.000000615. The number of allylic oxidation sites excluding steroid dienone is 1. The molecule has 0 nitrogen and oxygen atoms in total. The molecule has 0 saturated heterocycles. The van der Waals surface area contributed by atoms with E-state index in [1.54, 1.807) is 96.3 Å². The summed E-state index contributed by atoms with van der Waals surface area (Å²) in [4.78, 5) is 0. The van der Waals surface area contributed by atoms with Gasteiger partial charge in [-0.25, -0.2) is 19.6 Å². The van der Waals surface area contributed by atoms with Crippen molar-refractivity contribution in [2.45, 2.75) is 113 Å². The molecule has 3 aliphatic rings. The van der Waals surface area contributed by atoms with Gasteiger partial charge < -0.3 is 0 Å². The van der Waals surface area contributed by atoms with Crippen LogP contribution in [0.2, 0.25) is 0 Å². The first-order chi connectivity index (χ1) is 10.9. The zero-order valence-corrected chi connectivity index (χ0v) is 17.7. The number of rotatable bonds is 3. The van der Waals surface area contributed by atoms with Gasteiger partial charge in [0.25, 0.3) is 0 Å². The van der Waals surface area contributed by atoms with Crippen molar-refractivity contribution < 1.29 is 20.4 Å². The third kappa shape index (κ3) is 7.22. The van der Waals surface area contributed by atoms with Crippen molar-refractivity contribution in [3.63, 3.8) is 0 Å². The summed E-state index contributed by atoms with van der Waals surface area (Å²) in [6.45, 7) is 6.50. The standard InChI is InChI=1S/C18H33P.C3H5.Pd/c1-4-10-16(11-5-1)19(17-12-6-2-7-13-17)18-14-8-3-9-15-18;1-3-2;/h16-18H,1-15H2;3H,1-2H2;/q;-1;/p+1. The zero-order valence-electron chi connectivity index (χ0n) is 15.1. The second-order valence-electron chi connectivity index (χ2n) is 7.79. The van der Waals surface area contributed by atoms with Crippen molar-refractivity contribution in [2.75, 3.05) is 0 Å². The van der Waals surface area contributed by atoms with E-state index < -0.39 is 0 Å². The molecular formula is C21H39PPd. The van der Waals surface area contributed by atoms with E-state index in [2.05, 4.69) is 13.5 Å². The molecule has 0 aromatic carbocycles. The molecule has 0 spiro atoms. The Kier molecular flexibility index (Phi) is 12.3. The van der Waals surface area contributed by atoms with Crippen molar-refractivity contribution in [3.05, 3.63) is 19.6 Å². The Labute approximate surface area is 161 Å². The largest absolute Gasteiger partial charge is 0.245 e. The second kappa shape index (κ2) is 13.0. The van der Waals surface area contributed by atoms with E-state index >= 15 is 0 Å². The third-order valence-electron chi connectivity index (χ3n) is 6.23. The minimum atomic E-state index is -0.0465. The summed E-state index contributed by atoms with van der Waals surface area (Å²) >= 11 is 0. The van der Waals surface area contributed by atoms with E-state index in [1.165, 1.54) is 23.1 Å². The molecule has 3 fully saturated rings. The predicted octanol–water partition coefficient (Wildman–Crippen LogP) is 7.20. The predicted molar refractivity (Wildman–Crippen MR) is 104 cm³/mol. The van der Waals surface area contributed by atoms with Crippen LogP contribution in [-0.2, 0) is 20.4 Å². The Morgan fingerprint density at radius 1 is 0.609 bits per heavy atom. The maximum atomic E-state index is 3.25. The van der Waals surface area contributed by atoms with Gasteiger partial charge in [0.15, 0.2) is 0 Å². The molecule has 0 aromatic heterocycles. The smallest absolute Gasteiger partial charge is 0.0680 e. The molecule has 0 heterocycles. The molecule has 23 heavy (non-hydrogen) atoms. The van der Waals surface area contributed by atoms with Gasteiger partial charge >= 0.3 is 0 Å². The molecule has 0 atom stereocenters. The van der Waals surface area contributed by atoms with Gasteiger partial charge in [0.05, 0.1) is 17.0 Å². The fourth-order valence-corrected chi connectivity index (χ4v) is 10.5. The fraction of sp³-hybridized carbons (Fsp3) is 0.857. The number of hydrogen-bond donors (Lipinski definition) is 0. The van der Waals surface area contributed by atoms with Gasteiger partial charge in [-0.3, -0.25) is 0 Å². The normalized spacial score (nSPS) is 24.4. The van der Waals surface area contributed by atoms with Crippen molar-refractivity contribution >= 4 is 7.92 Å². The van der Waals surface area contributed by atoms with Crippen molar-refractivity contribution in [1.29, 1.82) is 0 Å². The van der Waals surface area contributed by atoms with Crippen LogP contribution in [0.5, 0.6) is 0 Å². The van der Waals surface area contributed by atoms with Crippen molar-refractivity contribution in [1.82, 2.24) is 0 Å².